The molecule has 37 heavy (non-hydrogen) atoms. The maximum absolute atomic E-state index is 12.4. The van der Waals surface area contributed by atoms with Crippen molar-refractivity contribution in [3.05, 3.63) is 59.8 Å². The van der Waals surface area contributed by atoms with Crippen LogP contribution in [0.15, 0.2) is 64.8 Å². The topological polar surface area (TPSA) is 115 Å². The standard InChI is InChI=1S/C28H36N4O5/c1-7-37-28(35)26(29)24(25(18-33)30-20-8-14-23(36-6)15-9-20)16-17-31(4)21-10-12-22(13-11-21)32(5)27(34)19(2)3/h8-15,18-19H,7,16-17,29H2,1-6H3. The largest absolute Gasteiger partial charge is 0.497 e. The predicted octanol–water partition coefficient (Wildman–Crippen LogP) is 3.89. The maximum Gasteiger partial charge on any atom is 0.354 e. The molecule has 9 heteroatoms. The van der Waals surface area contributed by atoms with Gasteiger partial charge in [0.25, 0.3) is 0 Å². The SMILES string of the molecule is CCOC(=O)C(N)=C(CCN(C)c1ccc(N(C)C(=O)C(C)C)cc1)C(C=O)=Nc1ccc(OC)cc1. The van der Waals surface area contributed by atoms with E-state index in [0.29, 0.717) is 29.8 Å². The molecule has 2 aromatic rings. The van der Waals surface area contributed by atoms with Crippen molar-refractivity contribution in [3.63, 3.8) is 0 Å². The maximum atomic E-state index is 12.4. The van der Waals surface area contributed by atoms with Gasteiger partial charge in [-0.2, -0.15) is 0 Å². The molecule has 0 saturated carbocycles. The Morgan fingerprint density at radius 2 is 1.62 bits per heavy atom. The molecule has 0 saturated heterocycles. The van der Waals surface area contributed by atoms with E-state index in [0.717, 1.165) is 11.4 Å². The Morgan fingerprint density at radius 3 is 2.14 bits per heavy atom. The van der Waals surface area contributed by atoms with Crippen molar-refractivity contribution in [1.29, 1.82) is 0 Å². The van der Waals surface area contributed by atoms with Gasteiger partial charge < -0.3 is 25.0 Å². The minimum Gasteiger partial charge on any atom is -0.497 e. The third-order valence-electron chi connectivity index (χ3n) is 5.76. The van der Waals surface area contributed by atoms with Gasteiger partial charge in [-0.1, -0.05) is 13.8 Å². The van der Waals surface area contributed by atoms with Crippen LogP contribution in [0.1, 0.15) is 27.2 Å². The second-order valence-electron chi connectivity index (χ2n) is 8.67. The molecule has 0 spiro atoms. The fourth-order valence-corrected chi connectivity index (χ4v) is 3.55. The van der Waals surface area contributed by atoms with E-state index >= 15 is 0 Å². The predicted molar refractivity (Wildman–Crippen MR) is 147 cm³/mol. The first-order chi connectivity index (χ1) is 17.6. The Morgan fingerprint density at radius 1 is 1.03 bits per heavy atom. The number of amides is 1. The van der Waals surface area contributed by atoms with Gasteiger partial charge in [0.1, 0.15) is 17.2 Å². The van der Waals surface area contributed by atoms with Crippen molar-refractivity contribution in [1.82, 2.24) is 0 Å². The van der Waals surface area contributed by atoms with Crippen molar-refractivity contribution in [2.75, 3.05) is 44.2 Å². The Labute approximate surface area is 218 Å². The quantitative estimate of drug-likeness (QED) is 0.200. The number of hydrogen-bond acceptors (Lipinski definition) is 8. The zero-order chi connectivity index (χ0) is 27.5. The number of aliphatic imine (C=N–C) groups is 1. The third-order valence-corrected chi connectivity index (χ3v) is 5.76. The van der Waals surface area contributed by atoms with Gasteiger partial charge in [-0.05, 0) is 61.9 Å². The summed E-state index contributed by atoms with van der Waals surface area (Å²) >= 11 is 0. The lowest BCUT2D eigenvalue weighted by molar-refractivity contribution is -0.138. The number of carbonyl (C=O) groups is 3. The number of benzene rings is 2. The Kier molecular flexibility index (Phi) is 10.9. The van der Waals surface area contributed by atoms with E-state index in [1.807, 2.05) is 50.1 Å². The van der Waals surface area contributed by atoms with Gasteiger partial charge in [0, 0.05) is 43.5 Å². The van der Waals surface area contributed by atoms with Gasteiger partial charge in [-0.15, -0.1) is 0 Å². The van der Waals surface area contributed by atoms with E-state index in [4.69, 9.17) is 15.2 Å². The Bertz CT molecular complexity index is 1140. The van der Waals surface area contributed by atoms with Crippen molar-refractivity contribution in [2.24, 2.45) is 16.6 Å². The molecular formula is C28H36N4O5. The smallest absolute Gasteiger partial charge is 0.354 e. The molecule has 0 aromatic heterocycles. The Balaban J connectivity index is 2.29. The molecule has 0 heterocycles. The first-order valence-corrected chi connectivity index (χ1v) is 12.1. The van der Waals surface area contributed by atoms with E-state index < -0.39 is 5.97 Å². The number of anilines is 2. The molecule has 0 atom stereocenters. The van der Waals surface area contributed by atoms with Gasteiger partial charge in [0.05, 0.1) is 19.4 Å². The average Bonchev–Trinajstić information content (AvgIpc) is 2.91. The highest BCUT2D eigenvalue weighted by atomic mass is 16.5. The summed E-state index contributed by atoms with van der Waals surface area (Å²) in [6.45, 7) is 5.99. The zero-order valence-electron chi connectivity index (χ0n) is 22.4. The summed E-state index contributed by atoms with van der Waals surface area (Å²) in [5.74, 6) is -0.121. The monoisotopic (exact) mass is 508 g/mol. The number of methoxy groups -OCH3 is 1. The van der Waals surface area contributed by atoms with Gasteiger partial charge >= 0.3 is 5.97 Å². The molecule has 9 nitrogen and oxygen atoms in total. The molecule has 0 radical (unpaired) electrons. The van der Waals surface area contributed by atoms with Gasteiger partial charge in [-0.25, -0.2) is 9.79 Å². The summed E-state index contributed by atoms with van der Waals surface area (Å²) in [7, 11) is 5.19. The van der Waals surface area contributed by atoms with Crippen molar-refractivity contribution < 1.29 is 23.9 Å². The van der Waals surface area contributed by atoms with E-state index in [-0.39, 0.29) is 36.3 Å². The highest BCUT2D eigenvalue weighted by Crippen LogP contribution is 2.23. The number of carbonyl (C=O) groups excluding carboxylic acids is 3. The van der Waals surface area contributed by atoms with Crippen molar-refractivity contribution in [2.45, 2.75) is 27.2 Å². The van der Waals surface area contributed by atoms with Gasteiger partial charge in [-0.3, -0.25) is 9.59 Å². The second-order valence-corrected chi connectivity index (χ2v) is 8.67. The van der Waals surface area contributed by atoms with Crippen LogP contribution in [0, 0.1) is 5.92 Å². The zero-order valence-corrected chi connectivity index (χ0v) is 22.4. The van der Waals surface area contributed by atoms with E-state index in [1.165, 1.54) is 0 Å². The fourth-order valence-electron chi connectivity index (χ4n) is 3.55. The van der Waals surface area contributed by atoms with Crippen LogP contribution < -0.4 is 20.3 Å². The number of rotatable bonds is 12. The van der Waals surface area contributed by atoms with Gasteiger partial charge in [0.2, 0.25) is 5.91 Å². The lowest BCUT2D eigenvalue weighted by Crippen LogP contribution is -2.30. The van der Waals surface area contributed by atoms with E-state index in [2.05, 4.69) is 4.99 Å². The Hall–Kier alpha value is -4.14. The summed E-state index contributed by atoms with van der Waals surface area (Å²) in [6, 6.07) is 14.4. The van der Waals surface area contributed by atoms with Gasteiger partial charge in [0.15, 0.2) is 6.29 Å². The first kappa shape index (κ1) is 29.1. The molecule has 0 fully saturated rings. The van der Waals surface area contributed by atoms with Crippen LogP contribution in [-0.2, 0) is 19.1 Å². The third kappa shape index (κ3) is 7.93. The van der Waals surface area contributed by atoms with Crippen LogP contribution in [0.5, 0.6) is 5.75 Å². The van der Waals surface area contributed by atoms with E-state index in [1.54, 1.807) is 50.2 Å². The summed E-state index contributed by atoms with van der Waals surface area (Å²) in [5, 5.41) is 0. The van der Waals surface area contributed by atoms with Crippen LogP contribution in [-0.4, -0.2) is 58.2 Å². The van der Waals surface area contributed by atoms with Crippen LogP contribution in [0.2, 0.25) is 0 Å². The fraction of sp³-hybridized carbons (Fsp3) is 0.357. The molecule has 198 valence electrons. The summed E-state index contributed by atoms with van der Waals surface area (Å²) in [4.78, 5) is 44.7. The van der Waals surface area contributed by atoms with Crippen LogP contribution in [0.25, 0.3) is 0 Å². The van der Waals surface area contributed by atoms with Crippen LogP contribution in [0.3, 0.4) is 0 Å². The first-order valence-electron chi connectivity index (χ1n) is 12.1. The minimum absolute atomic E-state index is 0.0304. The number of hydrogen-bond donors (Lipinski definition) is 1. The van der Waals surface area contributed by atoms with Crippen LogP contribution in [0.4, 0.5) is 17.1 Å². The van der Waals surface area contributed by atoms with Crippen molar-refractivity contribution in [3.8, 4) is 5.75 Å². The second kappa shape index (κ2) is 13.8. The van der Waals surface area contributed by atoms with Crippen molar-refractivity contribution >= 4 is 40.9 Å². The number of esters is 1. The molecule has 0 aliphatic carbocycles. The number of nitrogens with zero attached hydrogens (tertiary/aromatic N) is 3. The number of nitrogens with two attached hydrogens (primary N) is 1. The summed E-state index contributed by atoms with van der Waals surface area (Å²) in [6.07, 6.45) is 0.852. The molecular weight excluding hydrogens is 472 g/mol. The molecule has 0 aliphatic rings. The van der Waals surface area contributed by atoms with Crippen LogP contribution >= 0.6 is 0 Å². The molecule has 0 aliphatic heterocycles. The molecule has 2 aromatic carbocycles. The molecule has 2 rings (SSSR count). The molecule has 0 unspecified atom stereocenters. The summed E-state index contributed by atoms with van der Waals surface area (Å²) in [5.41, 5.74) is 8.54. The van der Waals surface area contributed by atoms with E-state index in [9.17, 15) is 14.4 Å². The lowest BCUT2D eigenvalue weighted by Gasteiger charge is -2.23. The highest BCUT2D eigenvalue weighted by molar-refractivity contribution is 6.37. The lowest BCUT2D eigenvalue weighted by atomic mass is 10.0. The normalized spacial score (nSPS) is 12.0. The summed E-state index contributed by atoms with van der Waals surface area (Å²) < 4.78 is 10.2. The molecule has 2 N–H and O–H groups in total. The average molecular weight is 509 g/mol. The number of aldehydes is 1. The molecule has 1 amide bonds. The minimum atomic E-state index is -0.702. The number of ether oxygens (including phenoxy) is 2. The molecule has 0 bridgehead atoms. The highest BCUT2D eigenvalue weighted by Gasteiger charge is 2.19.